The van der Waals surface area contributed by atoms with Crippen molar-refractivity contribution in [2.75, 3.05) is 6.61 Å². The van der Waals surface area contributed by atoms with E-state index in [1.807, 2.05) is 0 Å². The van der Waals surface area contributed by atoms with E-state index in [0.717, 1.165) is 25.7 Å². The Kier molecular flexibility index (Phi) is 25.8. The molecule has 0 bridgehead atoms. The molecule has 0 aromatic rings. The van der Waals surface area contributed by atoms with Crippen LogP contribution in [0.15, 0.2) is 0 Å². The Balaban J connectivity index is 3.64. The molecule has 0 amide bonds. The van der Waals surface area contributed by atoms with Crippen LogP contribution < -0.4 is 0 Å². The van der Waals surface area contributed by atoms with Crippen LogP contribution in [0.4, 0.5) is 0 Å². The first-order valence-electron chi connectivity index (χ1n) is 15.1. The first kappa shape index (κ1) is 33.9. The number of rotatable bonds is 28. The predicted octanol–water partition coefficient (Wildman–Crippen LogP) is 10.2. The van der Waals surface area contributed by atoms with Gasteiger partial charge in [0.1, 0.15) is 0 Å². The summed E-state index contributed by atoms with van der Waals surface area (Å²) in [4.78, 5) is 0. The van der Waals surface area contributed by atoms with Gasteiger partial charge in [-0.25, -0.2) is 4.18 Å². The van der Waals surface area contributed by atoms with Crippen molar-refractivity contribution >= 4 is 10.4 Å². The van der Waals surface area contributed by atoms with E-state index in [2.05, 4.69) is 13.8 Å². The Morgan fingerprint density at radius 1 is 0.500 bits per heavy atom. The van der Waals surface area contributed by atoms with Crippen molar-refractivity contribution in [3.63, 3.8) is 0 Å². The zero-order chi connectivity index (χ0) is 25.2. The Morgan fingerprint density at radius 3 is 1.03 bits per heavy atom. The van der Waals surface area contributed by atoms with Gasteiger partial charge >= 0.3 is 10.4 Å². The molecule has 0 aliphatic heterocycles. The molecule has 1 N–H and O–H groups in total. The Hall–Kier alpha value is -0.130. The maximum Gasteiger partial charge on any atom is 0.397 e. The third-order valence-corrected chi connectivity index (χ3v) is 7.57. The molecule has 1 unspecified atom stereocenters. The first-order chi connectivity index (χ1) is 16.5. The van der Waals surface area contributed by atoms with Gasteiger partial charge in [-0.2, -0.15) is 8.42 Å². The van der Waals surface area contributed by atoms with Crippen LogP contribution >= 0.6 is 0 Å². The minimum absolute atomic E-state index is 0.132. The van der Waals surface area contributed by atoms with Gasteiger partial charge in [0, 0.05) is 0 Å². The van der Waals surface area contributed by atoms with Gasteiger partial charge in [-0.15, -0.1) is 0 Å². The number of hydrogen-bond acceptors (Lipinski definition) is 3. The van der Waals surface area contributed by atoms with Crippen LogP contribution in [-0.2, 0) is 14.6 Å². The molecular formula is C29H60O4S. The van der Waals surface area contributed by atoms with Crippen LogP contribution in [0.5, 0.6) is 0 Å². The zero-order valence-electron chi connectivity index (χ0n) is 23.0. The minimum Gasteiger partial charge on any atom is -0.264 e. The Bertz CT molecular complexity index is 492. The van der Waals surface area contributed by atoms with Gasteiger partial charge in [0.15, 0.2) is 0 Å². The lowest BCUT2D eigenvalue weighted by Gasteiger charge is -2.16. The van der Waals surface area contributed by atoms with Gasteiger partial charge in [0.05, 0.1) is 6.61 Å². The van der Waals surface area contributed by atoms with Crippen LogP contribution in [0.1, 0.15) is 174 Å². The molecule has 0 fully saturated rings. The predicted molar refractivity (Wildman–Crippen MR) is 148 cm³/mol. The second-order valence-electron chi connectivity index (χ2n) is 10.6. The summed E-state index contributed by atoms with van der Waals surface area (Å²) in [5.74, 6) is 0.240. The lowest BCUT2D eigenvalue weighted by atomic mass is 9.94. The SMILES string of the molecule is CCCCCCCCCCCCCCCCCCC(CCCCCCCCC)COS(=O)(=O)O. The van der Waals surface area contributed by atoms with Gasteiger partial charge in [0.2, 0.25) is 0 Å². The summed E-state index contributed by atoms with van der Waals surface area (Å²) in [7, 11) is -4.33. The Labute approximate surface area is 214 Å². The van der Waals surface area contributed by atoms with Crippen LogP contribution in [-0.4, -0.2) is 19.6 Å². The molecule has 0 aliphatic carbocycles. The molecule has 0 saturated carbocycles. The van der Waals surface area contributed by atoms with Gasteiger partial charge in [-0.1, -0.05) is 162 Å². The van der Waals surface area contributed by atoms with Crippen molar-refractivity contribution in [2.45, 2.75) is 174 Å². The molecule has 0 spiro atoms. The quantitative estimate of drug-likeness (QED) is 0.0850. The molecule has 1 atom stereocenters. The maximum atomic E-state index is 11.0. The molecule has 0 aromatic heterocycles. The molecular weight excluding hydrogens is 444 g/mol. The monoisotopic (exact) mass is 504 g/mol. The summed E-state index contributed by atoms with van der Waals surface area (Å²) in [5.41, 5.74) is 0. The normalized spacial score (nSPS) is 12.9. The lowest BCUT2D eigenvalue weighted by Crippen LogP contribution is -2.14. The average Bonchev–Trinajstić information content (AvgIpc) is 2.80. The zero-order valence-corrected chi connectivity index (χ0v) is 23.9. The van der Waals surface area contributed by atoms with Gasteiger partial charge in [0.25, 0.3) is 0 Å². The van der Waals surface area contributed by atoms with E-state index in [-0.39, 0.29) is 12.5 Å². The summed E-state index contributed by atoms with van der Waals surface area (Å²) in [5, 5.41) is 0. The van der Waals surface area contributed by atoms with Crippen molar-refractivity contribution in [1.82, 2.24) is 0 Å². The largest absolute Gasteiger partial charge is 0.397 e. The molecule has 0 heterocycles. The van der Waals surface area contributed by atoms with E-state index in [0.29, 0.717) is 0 Å². The molecule has 4 nitrogen and oxygen atoms in total. The average molecular weight is 505 g/mol. The van der Waals surface area contributed by atoms with Crippen molar-refractivity contribution in [2.24, 2.45) is 5.92 Å². The fourth-order valence-electron chi connectivity index (χ4n) is 4.86. The van der Waals surface area contributed by atoms with Crippen molar-refractivity contribution < 1.29 is 17.2 Å². The summed E-state index contributed by atoms with van der Waals surface area (Å²) >= 11 is 0. The topological polar surface area (TPSA) is 63.6 Å². The molecule has 34 heavy (non-hydrogen) atoms. The third-order valence-electron chi connectivity index (χ3n) is 7.13. The molecule has 0 rings (SSSR count). The minimum atomic E-state index is -4.33. The van der Waals surface area contributed by atoms with Crippen molar-refractivity contribution in [3.8, 4) is 0 Å². The fourth-order valence-corrected chi connectivity index (χ4v) is 5.23. The highest BCUT2D eigenvalue weighted by Crippen LogP contribution is 2.21. The highest BCUT2D eigenvalue weighted by molar-refractivity contribution is 7.80. The third kappa shape index (κ3) is 28.1. The summed E-state index contributed by atoms with van der Waals surface area (Å²) < 4.78 is 35.6. The van der Waals surface area contributed by atoms with E-state index >= 15 is 0 Å². The van der Waals surface area contributed by atoms with Gasteiger partial charge in [-0.05, 0) is 18.8 Å². The smallest absolute Gasteiger partial charge is 0.264 e. The summed E-state index contributed by atoms with van der Waals surface area (Å²) in [6.07, 6.45) is 32.6. The fraction of sp³-hybridized carbons (Fsp3) is 1.00. The lowest BCUT2D eigenvalue weighted by molar-refractivity contribution is 0.204. The molecule has 206 valence electrons. The van der Waals surface area contributed by atoms with Gasteiger partial charge in [-0.3, -0.25) is 4.55 Å². The van der Waals surface area contributed by atoms with Crippen molar-refractivity contribution in [1.29, 1.82) is 0 Å². The highest BCUT2D eigenvalue weighted by atomic mass is 32.3. The van der Waals surface area contributed by atoms with E-state index in [1.54, 1.807) is 0 Å². The summed E-state index contributed by atoms with van der Waals surface area (Å²) in [6, 6.07) is 0. The highest BCUT2D eigenvalue weighted by Gasteiger charge is 2.13. The Morgan fingerprint density at radius 2 is 0.765 bits per heavy atom. The standard InChI is InChI=1S/C29H60O4S/c1-3-5-7-9-11-12-13-14-15-16-17-18-19-21-23-25-27-29(28-33-34(30,31)32)26-24-22-20-10-8-6-4-2/h29H,3-28H2,1-2H3,(H,30,31,32). The van der Waals surface area contributed by atoms with Crippen LogP contribution in [0.2, 0.25) is 0 Å². The molecule has 0 aromatic carbocycles. The molecule has 5 heteroatoms. The molecule has 0 aliphatic rings. The van der Waals surface area contributed by atoms with E-state index in [1.165, 1.54) is 135 Å². The molecule has 0 saturated heterocycles. The van der Waals surface area contributed by atoms with E-state index < -0.39 is 10.4 Å². The van der Waals surface area contributed by atoms with Crippen LogP contribution in [0.3, 0.4) is 0 Å². The molecule has 0 radical (unpaired) electrons. The van der Waals surface area contributed by atoms with E-state index in [9.17, 15) is 8.42 Å². The summed E-state index contributed by atoms with van der Waals surface area (Å²) in [6.45, 7) is 4.65. The second kappa shape index (κ2) is 25.9. The van der Waals surface area contributed by atoms with Crippen LogP contribution in [0, 0.1) is 5.92 Å². The first-order valence-corrected chi connectivity index (χ1v) is 16.5. The van der Waals surface area contributed by atoms with Gasteiger partial charge < -0.3 is 0 Å². The van der Waals surface area contributed by atoms with E-state index in [4.69, 9.17) is 8.74 Å². The number of hydrogen-bond donors (Lipinski definition) is 1. The second-order valence-corrected chi connectivity index (χ2v) is 11.7. The maximum absolute atomic E-state index is 11.0. The van der Waals surface area contributed by atoms with Crippen molar-refractivity contribution in [3.05, 3.63) is 0 Å². The van der Waals surface area contributed by atoms with Crippen LogP contribution in [0.25, 0.3) is 0 Å². The number of unbranched alkanes of at least 4 members (excludes halogenated alkanes) is 21.